The van der Waals surface area contributed by atoms with E-state index < -0.39 is 9.84 Å². The molecule has 0 bridgehead atoms. The highest BCUT2D eigenvalue weighted by atomic mass is 32.2. The van der Waals surface area contributed by atoms with Crippen LogP contribution in [0.2, 0.25) is 0 Å². The maximum Gasteiger partial charge on any atom is 0.178 e. The Morgan fingerprint density at radius 3 is 2.53 bits per heavy atom. The largest absolute Gasteiger partial charge is 0.224 e. The van der Waals surface area contributed by atoms with Crippen molar-refractivity contribution in [3.8, 4) is 0 Å². The van der Waals surface area contributed by atoms with Gasteiger partial charge in [-0.05, 0) is 30.4 Å². The summed E-state index contributed by atoms with van der Waals surface area (Å²) >= 11 is 0. The molecule has 0 N–H and O–H groups in total. The summed E-state index contributed by atoms with van der Waals surface area (Å²) in [6.45, 7) is 3.68. The summed E-state index contributed by atoms with van der Waals surface area (Å²) in [7, 11) is -3.09. The van der Waals surface area contributed by atoms with Gasteiger partial charge in [0.1, 0.15) is 0 Å². The van der Waals surface area contributed by atoms with Crippen LogP contribution in [0.25, 0.3) is 0 Å². The summed E-state index contributed by atoms with van der Waals surface area (Å²) in [5, 5.41) is 0. The van der Waals surface area contributed by atoms with Gasteiger partial charge in [-0.3, -0.25) is 0 Å². The van der Waals surface area contributed by atoms with Crippen LogP contribution in [0.15, 0.2) is 47.9 Å². The van der Waals surface area contributed by atoms with Gasteiger partial charge < -0.3 is 0 Å². The molecule has 0 amide bonds. The van der Waals surface area contributed by atoms with Gasteiger partial charge in [-0.25, -0.2) is 8.42 Å². The average molecular weight is 222 g/mol. The summed E-state index contributed by atoms with van der Waals surface area (Å²) in [5.41, 5.74) is 0. The van der Waals surface area contributed by atoms with Crippen LogP contribution in [0.3, 0.4) is 0 Å². The first kappa shape index (κ1) is 10.4. The third-order valence-corrected chi connectivity index (χ3v) is 4.67. The Morgan fingerprint density at radius 2 is 2.00 bits per heavy atom. The zero-order valence-corrected chi connectivity index (χ0v) is 9.28. The monoisotopic (exact) mass is 222 g/mol. The molecule has 1 aliphatic carbocycles. The molecule has 2 rings (SSSR count). The predicted molar refractivity (Wildman–Crippen MR) is 60.3 cm³/mol. The molecular weight excluding hydrogens is 208 g/mol. The number of hydrogen-bond donors (Lipinski definition) is 0. The van der Waals surface area contributed by atoms with Crippen LogP contribution >= 0.6 is 0 Å². The molecule has 1 aliphatic rings. The fourth-order valence-corrected chi connectivity index (χ4v) is 3.47. The van der Waals surface area contributed by atoms with E-state index in [1.54, 1.807) is 24.3 Å². The zero-order chi connectivity index (χ0) is 10.9. The van der Waals surface area contributed by atoms with Crippen LogP contribution in [0.4, 0.5) is 0 Å². The van der Waals surface area contributed by atoms with Crippen LogP contribution in [0, 0.1) is 11.8 Å². The summed E-state index contributed by atoms with van der Waals surface area (Å²) in [6.07, 6.45) is 2.82. The molecule has 2 atom stereocenters. The topological polar surface area (TPSA) is 34.1 Å². The normalized spacial score (nSPS) is 24.8. The number of allylic oxidation sites excluding steroid dienone is 1. The second kappa shape index (κ2) is 3.81. The third kappa shape index (κ3) is 2.29. The van der Waals surface area contributed by atoms with Gasteiger partial charge in [-0.15, -0.1) is 6.58 Å². The molecule has 0 aliphatic heterocycles. The van der Waals surface area contributed by atoms with E-state index in [-0.39, 0.29) is 11.7 Å². The minimum absolute atomic E-state index is 0.258. The fraction of sp³-hybridized carbons (Fsp3) is 0.333. The van der Waals surface area contributed by atoms with Gasteiger partial charge in [0.05, 0.1) is 10.6 Å². The van der Waals surface area contributed by atoms with Crippen molar-refractivity contribution in [1.29, 1.82) is 0 Å². The molecule has 0 spiro atoms. The molecule has 1 aromatic carbocycles. The highest BCUT2D eigenvalue weighted by molar-refractivity contribution is 7.91. The van der Waals surface area contributed by atoms with E-state index in [2.05, 4.69) is 6.58 Å². The molecule has 1 fully saturated rings. The van der Waals surface area contributed by atoms with Gasteiger partial charge in [0, 0.05) is 0 Å². The zero-order valence-electron chi connectivity index (χ0n) is 8.46. The van der Waals surface area contributed by atoms with Crippen molar-refractivity contribution < 1.29 is 8.42 Å². The lowest BCUT2D eigenvalue weighted by Crippen LogP contribution is -2.08. The first-order valence-electron chi connectivity index (χ1n) is 5.04. The van der Waals surface area contributed by atoms with E-state index in [4.69, 9.17) is 0 Å². The van der Waals surface area contributed by atoms with Crippen LogP contribution in [-0.2, 0) is 9.84 Å². The van der Waals surface area contributed by atoms with E-state index in [9.17, 15) is 8.42 Å². The van der Waals surface area contributed by atoms with Crippen molar-refractivity contribution >= 4 is 9.84 Å². The van der Waals surface area contributed by atoms with Gasteiger partial charge in [0.15, 0.2) is 9.84 Å². The van der Waals surface area contributed by atoms with Gasteiger partial charge in [-0.1, -0.05) is 24.3 Å². The van der Waals surface area contributed by atoms with Crippen molar-refractivity contribution in [1.82, 2.24) is 0 Å². The Morgan fingerprint density at radius 1 is 1.33 bits per heavy atom. The minimum atomic E-state index is -3.09. The van der Waals surface area contributed by atoms with Crippen LogP contribution in [-0.4, -0.2) is 14.2 Å². The number of sulfone groups is 1. The van der Waals surface area contributed by atoms with E-state index in [1.807, 2.05) is 12.1 Å². The van der Waals surface area contributed by atoms with Crippen molar-refractivity contribution in [3.05, 3.63) is 43.0 Å². The molecule has 2 unspecified atom stereocenters. The van der Waals surface area contributed by atoms with Crippen molar-refractivity contribution in [3.63, 3.8) is 0 Å². The molecule has 0 heterocycles. The lowest BCUT2D eigenvalue weighted by atomic mass is 10.3. The Labute approximate surface area is 90.6 Å². The smallest absolute Gasteiger partial charge is 0.178 e. The average Bonchev–Trinajstić information content (AvgIpc) is 2.97. The molecule has 80 valence electrons. The molecule has 0 saturated heterocycles. The number of benzene rings is 1. The molecule has 15 heavy (non-hydrogen) atoms. The SMILES string of the molecule is C=CC1CC1CS(=O)(=O)c1ccccc1. The van der Waals surface area contributed by atoms with E-state index >= 15 is 0 Å². The first-order valence-corrected chi connectivity index (χ1v) is 6.69. The van der Waals surface area contributed by atoms with Gasteiger partial charge in [0.25, 0.3) is 0 Å². The second-order valence-electron chi connectivity index (χ2n) is 3.99. The Kier molecular flexibility index (Phi) is 2.65. The van der Waals surface area contributed by atoms with E-state index in [1.165, 1.54) is 0 Å². The summed E-state index contributed by atoms with van der Waals surface area (Å²) in [4.78, 5) is 0.430. The lowest BCUT2D eigenvalue weighted by molar-refractivity contribution is 0.591. The first-order chi connectivity index (χ1) is 7.13. The van der Waals surface area contributed by atoms with E-state index in [0.29, 0.717) is 10.8 Å². The van der Waals surface area contributed by atoms with Crippen molar-refractivity contribution in [2.75, 3.05) is 5.75 Å². The molecular formula is C12H14O2S. The van der Waals surface area contributed by atoms with Crippen LogP contribution < -0.4 is 0 Å². The maximum atomic E-state index is 11.9. The van der Waals surface area contributed by atoms with E-state index in [0.717, 1.165) is 6.42 Å². The highest BCUT2D eigenvalue weighted by Crippen LogP contribution is 2.41. The predicted octanol–water partition coefficient (Wildman–Crippen LogP) is 2.28. The second-order valence-corrected chi connectivity index (χ2v) is 6.02. The van der Waals surface area contributed by atoms with Gasteiger partial charge in [0.2, 0.25) is 0 Å². The Balaban J connectivity index is 2.12. The molecule has 1 aromatic rings. The molecule has 1 saturated carbocycles. The number of hydrogen-bond acceptors (Lipinski definition) is 2. The summed E-state index contributed by atoms with van der Waals surface area (Å²) in [5.74, 6) is 0.949. The Hall–Kier alpha value is -1.09. The molecule has 0 aromatic heterocycles. The Bertz CT molecular complexity index is 448. The van der Waals surface area contributed by atoms with Crippen molar-refractivity contribution in [2.45, 2.75) is 11.3 Å². The standard InChI is InChI=1S/C12H14O2S/c1-2-10-8-11(10)9-15(13,14)12-6-4-3-5-7-12/h2-7,10-11H,1,8-9H2. The lowest BCUT2D eigenvalue weighted by Gasteiger charge is -2.02. The van der Waals surface area contributed by atoms with Gasteiger partial charge in [-0.2, -0.15) is 0 Å². The maximum absolute atomic E-state index is 11.9. The quantitative estimate of drug-likeness (QED) is 0.732. The molecule has 3 heteroatoms. The highest BCUT2D eigenvalue weighted by Gasteiger charge is 2.38. The third-order valence-electron chi connectivity index (χ3n) is 2.82. The summed E-state index contributed by atoms with van der Waals surface area (Å²) in [6, 6.07) is 8.64. The van der Waals surface area contributed by atoms with Gasteiger partial charge >= 0.3 is 0 Å². The molecule has 2 nitrogen and oxygen atoms in total. The summed E-state index contributed by atoms with van der Waals surface area (Å²) < 4.78 is 23.8. The van der Waals surface area contributed by atoms with Crippen LogP contribution in [0.1, 0.15) is 6.42 Å². The number of rotatable bonds is 4. The fourth-order valence-electron chi connectivity index (χ4n) is 1.76. The molecule has 0 radical (unpaired) electrons. The van der Waals surface area contributed by atoms with Crippen LogP contribution in [0.5, 0.6) is 0 Å². The van der Waals surface area contributed by atoms with Crippen molar-refractivity contribution in [2.24, 2.45) is 11.8 Å². The minimum Gasteiger partial charge on any atom is -0.224 e.